The van der Waals surface area contributed by atoms with Gasteiger partial charge in [-0.1, -0.05) is 55.0 Å². The minimum Gasteiger partial charge on any atom is -0.399 e. The fourth-order valence-corrected chi connectivity index (χ4v) is 5.73. The third kappa shape index (κ3) is 9.05. The molecule has 1 fully saturated rings. The first-order valence-electron chi connectivity index (χ1n) is 16.6. The molecule has 2 aromatic heterocycles. The zero-order valence-corrected chi connectivity index (χ0v) is 27.9. The van der Waals surface area contributed by atoms with Crippen LogP contribution >= 0.6 is 0 Å². The van der Waals surface area contributed by atoms with Crippen molar-refractivity contribution in [1.82, 2.24) is 29.9 Å². The lowest BCUT2D eigenvalue weighted by atomic mass is 9.98. The number of aromatic nitrogens is 6. The van der Waals surface area contributed by atoms with E-state index < -0.39 is 0 Å². The Bertz CT molecular complexity index is 1810. The molecule has 1 atom stereocenters. The normalized spacial score (nSPS) is 14.1. The molecule has 1 aliphatic rings. The van der Waals surface area contributed by atoms with Crippen LogP contribution in [0.3, 0.4) is 0 Å². The van der Waals surface area contributed by atoms with Gasteiger partial charge in [0.25, 0.3) is 0 Å². The molecule has 0 bridgehead atoms. The van der Waals surface area contributed by atoms with Crippen molar-refractivity contribution in [1.29, 1.82) is 0 Å². The van der Waals surface area contributed by atoms with Crippen LogP contribution in [0.2, 0.25) is 0 Å². The van der Waals surface area contributed by atoms with Crippen LogP contribution < -0.4 is 31.9 Å². The fraction of sp³-hybridized carbons (Fsp3) is 0.333. The highest BCUT2D eigenvalue weighted by Gasteiger charge is 2.25. The quantitative estimate of drug-likeness (QED) is 0.0863. The molecule has 0 aliphatic carbocycles. The molecule has 1 aliphatic heterocycles. The fourth-order valence-electron chi connectivity index (χ4n) is 5.73. The van der Waals surface area contributed by atoms with Gasteiger partial charge in [-0.2, -0.15) is 29.9 Å². The molecule has 0 amide bonds. The molecule has 6 rings (SSSR count). The predicted octanol–water partition coefficient (Wildman–Crippen LogP) is 6.29. The molecule has 48 heavy (non-hydrogen) atoms. The Balaban J connectivity index is 1.08. The van der Waals surface area contributed by atoms with Crippen molar-refractivity contribution in [2.45, 2.75) is 46.5 Å². The van der Waals surface area contributed by atoms with Gasteiger partial charge in [0.2, 0.25) is 29.7 Å². The summed E-state index contributed by atoms with van der Waals surface area (Å²) in [5, 5.41) is 13.4. The van der Waals surface area contributed by atoms with Crippen LogP contribution in [-0.4, -0.2) is 56.1 Å². The first-order chi connectivity index (χ1) is 23.4. The molecule has 1 unspecified atom stereocenters. The van der Waals surface area contributed by atoms with Gasteiger partial charge in [-0.05, 0) is 86.9 Å². The van der Waals surface area contributed by atoms with Crippen LogP contribution in [-0.2, 0) is 12.8 Å². The number of nitrogens with zero attached hydrogens (tertiary/aromatic N) is 7. The van der Waals surface area contributed by atoms with Crippen molar-refractivity contribution in [2.75, 3.05) is 58.1 Å². The van der Waals surface area contributed by atoms with E-state index in [2.05, 4.69) is 107 Å². The Morgan fingerprint density at radius 3 is 2.17 bits per heavy atom. The SMILES string of the molecule is CCCNc1nc(NCCc2ccc(C)cc2)nc(Nc2cccc(CC3CCN(c4nc(C)nc(Nc5cccc(N)c5)n4)C3)c2)n1. The monoisotopic (exact) mass is 644 g/mol. The summed E-state index contributed by atoms with van der Waals surface area (Å²) in [6, 6.07) is 24.6. The van der Waals surface area contributed by atoms with Gasteiger partial charge in [0.15, 0.2) is 0 Å². The molecule has 0 saturated carbocycles. The summed E-state index contributed by atoms with van der Waals surface area (Å²) in [7, 11) is 0. The van der Waals surface area contributed by atoms with Crippen molar-refractivity contribution in [2.24, 2.45) is 5.92 Å². The largest absolute Gasteiger partial charge is 0.399 e. The van der Waals surface area contributed by atoms with Gasteiger partial charge in [-0.15, -0.1) is 0 Å². The standard InChI is InChI=1S/C36H44N12/c1-4-17-38-32-44-33(39-18-15-26-13-11-24(2)12-14-26)46-35(45-32)42-30-9-5-7-27(21-30)20-28-16-19-48(23-28)36-41-25(3)40-34(47-36)43-31-10-6-8-29(37)22-31/h5-14,21-22,28H,4,15-20,23,37H2,1-3H3,(H,40,41,43,47)(H3,38,39,42,44,45,46). The molecular weight excluding hydrogens is 600 g/mol. The van der Waals surface area contributed by atoms with E-state index in [9.17, 15) is 0 Å². The lowest BCUT2D eigenvalue weighted by Gasteiger charge is -2.18. The zero-order valence-electron chi connectivity index (χ0n) is 27.9. The molecule has 0 spiro atoms. The van der Waals surface area contributed by atoms with Crippen molar-refractivity contribution >= 4 is 46.8 Å². The Morgan fingerprint density at radius 2 is 1.42 bits per heavy atom. The highest BCUT2D eigenvalue weighted by Crippen LogP contribution is 2.27. The number of benzene rings is 3. The van der Waals surface area contributed by atoms with Crippen molar-refractivity contribution in [3.8, 4) is 0 Å². The summed E-state index contributed by atoms with van der Waals surface area (Å²) in [5.41, 5.74) is 12.2. The lowest BCUT2D eigenvalue weighted by molar-refractivity contribution is 0.585. The van der Waals surface area contributed by atoms with E-state index in [0.717, 1.165) is 63.2 Å². The topological polar surface area (TPSA) is 155 Å². The van der Waals surface area contributed by atoms with E-state index in [1.54, 1.807) is 0 Å². The third-order valence-electron chi connectivity index (χ3n) is 8.14. The highest BCUT2D eigenvalue weighted by molar-refractivity contribution is 5.60. The summed E-state index contributed by atoms with van der Waals surface area (Å²) in [6.45, 7) is 9.37. The van der Waals surface area contributed by atoms with E-state index in [1.807, 2.05) is 37.3 Å². The first-order valence-corrected chi connectivity index (χ1v) is 16.6. The minimum absolute atomic E-state index is 0.467. The zero-order chi connectivity index (χ0) is 33.3. The molecule has 0 radical (unpaired) electrons. The average molecular weight is 645 g/mol. The van der Waals surface area contributed by atoms with Crippen molar-refractivity contribution in [3.05, 3.63) is 95.3 Å². The Labute approximate surface area is 282 Å². The molecule has 5 aromatic rings. The van der Waals surface area contributed by atoms with Crippen LogP contribution in [0.1, 0.15) is 42.3 Å². The van der Waals surface area contributed by atoms with Gasteiger partial charge < -0.3 is 31.9 Å². The van der Waals surface area contributed by atoms with Crippen LogP contribution in [0.5, 0.6) is 0 Å². The number of hydrogen-bond donors (Lipinski definition) is 5. The van der Waals surface area contributed by atoms with Crippen LogP contribution in [0.15, 0.2) is 72.8 Å². The van der Waals surface area contributed by atoms with Crippen molar-refractivity contribution < 1.29 is 0 Å². The van der Waals surface area contributed by atoms with E-state index in [0.29, 0.717) is 47.2 Å². The maximum absolute atomic E-state index is 5.94. The van der Waals surface area contributed by atoms with Crippen LogP contribution in [0.4, 0.5) is 46.8 Å². The van der Waals surface area contributed by atoms with Gasteiger partial charge in [0.05, 0.1) is 0 Å². The summed E-state index contributed by atoms with van der Waals surface area (Å²) in [5.74, 6) is 3.94. The van der Waals surface area contributed by atoms with E-state index >= 15 is 0 Å². The second-order valence-corrected chi connectivity index (χ2v) is 12.3. The second-order valence-electron chi connectivity index (χ2n) is 12.3. The summed E-state index contributed by atoms with van der Waals surface area (Å²) < 4.78 is 0. The molecular formula is C36H44N12. The number of rotatable bonds is 14. The van der Waals surface area contributed by atoms with Gasteiger partial charge >= 0.3 is 0 Å². The minimum atomic E-state index is 0.467. The maximum atomic E-state index is 5.94. The first kappa shape index (κ1) is 32.4. The molecule has 3 heterocycles. The van der Waals surface area contributed by atoms with E-state index in [-0.39, 0.29) is 0 Å². The van der Waals surface area contributed by atoms with Gasteiger partial charge in [-0.25, -0.2) is 0 Å². The van der Waals surface area contributed by atoms with Crippen LogP contribution in [0.25, 0.3) is 0 Å². The summed E-state index contributed by atoms with van der Waals surface area (Å²) in [6.07, 6.45) is 3.84. The molecule has 3 aromatic carbocycles. The molecule has 1 saturated heterocycles. The molecule has 6 N–H and O–H groups in total. The van der Waals surface area contributed by atoms with Crippen molar-refractivity contribution in [3.63, 3.8) is 0 Å². The Hall–Kier alpha value is -5.52. The van der Waals surface area contributed by atoms with Gasteiger partial charge in [0.1, 0.15) is 5.82 Å². The molecule has 248 valence electrons. The second kappa shape index (κ2) is 15.4. The number of anilines is 8. The Morgan fingerprint density at radius 1 is 0.729 bits per heavy atom. The van der Waals surface area contributed by atoms with E-state index in [1.165, 1.54) is 16.7 Å². The average Bonchev–Trinajstić information content (AvgIpc) is 3.53. The van der Waals surface area contributed by atoms with Gasteiger partial charge in [-0.3, -0.25) is 0 Å². The lowest BCUT2D eigenvalue weighted by Crippen LogP contribution is -2.23. The summed E-state index contributed by atoms with van der Waals surface area (Å²) in [4.78, 5) is 30.0. The van der Waals surface area contributed by atoms with Crippen LogP contribution in [0, 0.1) is 19.8 Å². The van der Waals surface area contributed by atoms with E-state index in [4.69, 9.17) is 10.7 Å². The smallest absolute Gasteiger partial charge is 0.233 e. The maximum Gasteiger partial charge on any atom is 0.233 e. The Kier molecular flexibility index (Phi) is 10.4. The molecule has 12 nitrogen and oxygen atoms in total. The number of nitrogens with one attached hydrogen (secondary N) is 4. The highest BCUT2D eigenvalue weighted by atomic mass is 15.3. The number of aryl methyl sites for hydroxylation is 2. The van der Waals surface area contributed by atoms with Gasteiger partial charge in [0, 0.05) is 43.2 Å². The summed E-state index contributed by atoms with van der Waals surface area (Å²) >= 11 is 0. The third-order valence-corrected chi connectivity index (χ3v) is 8.14. The molecule has 12 heteroatoms. The predicted molar refractivity (Wildman–Crippen MR) is 194 cm³/mol. The number of hydrogen-bond acceptors (Lipinski definition) is 12. The number of nitrogens with two attached hydrogens (primary N) is 1. The number of nitrogen functional groups attached to an aromatic ring is 1.